The summed E-state index contributed by atoms with van der Waals surface area (Å²) in [5, 5.41) is 0. The van der Waals surface area contributed by atoms with Gasteiger partial charge >= 0.3 is 0 Å². The fourth-order valence-electron chi connectivity index (χ4n) is 3.69. The standard InChI is InChI=1S/C15H24N4/c1-12-10-18-8-2-3-14(18)11-19(12)15(9-16)13-4-6-17-7-5-13/h4-7,12,14-15H,2-3,8-11,16H2,1H3. The highest BCUT2D eigenvalue weighted by Crippen LogP contribution is 2.30. The van der Waals surface area contributed by atoms with Gasteiger partial charge in [0.2, 0.25) is 0 Å². The molecule has 3 rings (SSSR count). The summed E-state index contributed by atoms with van der Waals surface area (Å²) in [6.07, 6.45) is 6.44. The second kappa shape index (κ2) is 5.57. The molecule has 1 aromatic rings. The van der Waals surface area contributed by atoms with E-state index >= 15 is 0 Å². The molecule has 2 N–H and O–H groups in total. The maximum absolute atomic E-state index is 6.06. The third-order valence-electron chi connectivity index (χ3n) is 4.70. The molecule has 3 atom stereocenters. The van der Waals surface area contributed by atoms with Gasteiger partial charge in [-0.25, -0.2) is 0 Å². The van der Waals surface area contributed by atoms with E-state index in [2.05, 4.69) is 33.8 Å². The second-order valence-electron chi connectivity index (χ2n) is 5.87. The van der Waals surface area contributed by atoms with Crippen LogP contribution in [0, 0.1) is 0 Å². The van der Waals surface area contributed by atoms with Gasteiger partial charge in [-0.3, -0.25) is 14.8 Å². The number of piperazine rings is 1. The van der Waals surface area contributed by atoms with Crippen LogP contribution in [-0.2, 0) is 0 Å². The molecule has 2 aliphatic heterocycles. The summed E-state index contributed by atoms with van der Waals surface area (Å²) >= 11 is 0. The minimum absolute atomic E-state index is 0.334. The molecule has 2 aliphatic rings. The lowest BCUT2D eigenvalue weighted by Gasteiger charge is -2.46. The topological polar surface area (TPSA) is 45.4 Å². The van der Waals surface area contributed by atoms with Gasteiger partial charge < -0.3 is 5.73 Å². The Morgan fingerprint density at radius 3 is 2.89 bits per heavy atom. The summed E-state index contributed by atoms with van der Waals surface area (Å²) in [6.45, 7) is 6.64. The average Bonchev–Trinajstić information content (AvgIpc) is 2.88. The van der Waals surface area contributed by atoms with E-state index in [1.165, 1.54) is 31.5 Å². The monoisotopic (exact) mass is 260 g/mol. The van der Waals surface area contributed by atoms with Crippen LogP contribution in [0.4, 0.5) is 0 Å². The molecular formula is C15H24N4. The van der Waals surface area contributed by atoms with Crippen LogP contribution in [0.25, 0.3) is 0 Å². The highest BCUT2D eigenvalue weighted by Gasteiger charge is 2.37. The normalized spacial score (nSPS) is 30.2. The fourth-order valence-corrected chi connectivity index (χ4v) is 3.69. The number of pyridine rings is 1. The van der Waals surface area contributed by atoms with Gasteiger partial charge in [-0.15, -0.1) is 0 Å². The number of rotatable bonds is 3. The summed E-state index contributed by atoms with van der Waals surface area (Å²) in [7, 11) is 0. The fraction of sp³-hybridized carbons (Fsp3) is 0.667. The molecule has 3 heterocycles. The average molecular weight is 260 g/mol. The van der Waals surface area contributed by atoms with Gasteiger partial charge in [0.05, 0.1) is 0 Å². The Morgan fingerprint density at radius 1 is 1.37 bits per heavy atom. The Labute approximate surface area is 115 Å². The number of aromatic nitrogens is 1. The van der Waals surface area contributed by atoms with Crippen molar-refractivity contribution in [1.82, 2.24) is 14.8 Å². The Balaban J connectivity index is 1.79. The number of fused-ring (bicyclic) bond motifs is 1. The Hall–Kier alpha value is -0.970. The van der Waals surface area contributed by atoms with Crippen molar-refractivity contribution in [2.75, 3.05) is 26.2 Å². The minimum atomic E-state index is 0.334. The molecule has 4 heteroatoms. The summed E-state index contributed by atoms with van der Waals surface area (Å²) < 4.78 is 0. The molecule has 0 radical (unpaired) electrons. The van der Waals surface area contributed by atoms with Crippen LogP contribution in [-0.4, -0.2) is 53.0 Å². The highest BCUT2D eigenvalue weighted by molar-refractivity contribution is 5.16. The van der Waals surface area contributed by atoms with E-state index < -0.39 is 0 Å². The van der Waals surface area contributed by atoms with Crippen molar-refractivity contribution < 1.29 is 0 Å². The van der Waals surface area contributed by atoms with Crippen LogP contribution in [0.15, 0.2) is 24.5 Å². The largest absolute Gasteiger partial charge is 0.329 e. The minimum Gasteiger partial charge on any atom is -0.329 e. The molecule has 0 saturated carbocycles. The van der Waals surface area contributed by atoms with Crippen LogP contribution in [0.1, 0.15) is 31.4 Å². The molecule has 19 heavy (non-hydrogen) atoms. The van der Waals surface area contributed by atoms with E-state index in [9.17, 15) is 0 Å². The lowest BCUT2D eigenvalue weighted by atomic mass is 10.0. The van der Waals surface area contributed by atoms with Crippen LogP contribution in [0.3, 0.4) is 0 Å². The lowest BCUT2D eigenvalue weighted by Crippen LogP contribution is -2.56. The second-order valence-corrected chi connectivity index (χ2v) is 5.87. The number of hydrogen-bond acceptors (Lipinski definition) is 4. The van der Waals surface area contributed by atoms with E-state index in [0.717, 1.165) is 12.6 Å². The molecular weight excluding hydrogens is 236 g/mol. The molecule has 2 fully saturated rings. The molecule has 0 bridgehead atoms. The third-order valence-corrected chi connectivity index (χ3v) is 4.70. The van der Waals surface area contributed by atoms with Crippen LogP contribution < -0.4 is 5.73 Å². The van der Waals surface area contributed by atoms with Gasteiger partial charge in [0.1, 0.15) is 0 Å². The lowest BCUT2D eigenvalue weighted by molar-refractivity contribution is 0.0296. The smallest absolute Gasteiger partial charge is 0.0475 e. The predicted molar refractivity (Wildman–Crippen MR) is 76.8 cm³/mol. The first-order chi connectivity index (χ1) is 9.29. The highest BCUT2D eigenvalue weighted by atomic mass is 15.3. The van der Waals surface area contributed by atoms with Crippen molar-refractivity contribution >= 4 is 0 Å². The van der Waals surface area contributed by atoms with Crippen molar-refractivity contribution in [3.8, 4) is 0 Å². The molecule has 104 valence electrons. The molecule has 0 aromatic carbocycles. The van der Waals surface area contributed by atoms with Crippen molar-refractivity contribution in [3.05, 3.63) is 30.1 Å². The molecule has 2 saturated heterocycles. The maximum atomic E-state index is 6.06. The Bertz CT molecular complexity index is 408. The Kier molecular flexibility index (Phi) is 3.82. The first kappa shape index (κ1) is 13.0. The number of nitrogens with zero attached hydrogens (tertiary/aromatic N) is 3. The first-order valence-electron chi connectivity index (χ1n) is 7.39. The van der Waals surface area contributed by atoms with Gasteiger partial charge in [0, 0.05) is 50.2 Å². The number of nitrogens with two attached hydrogens (primary N) is 1. The van der Waals surface area contributed by atoms with Gasteiger partial charge in [-0.2, -0.15) is 0 Å². The third kappa shape index (κ3) is 2.53. The van der Waals surface area contributed by atoms with Crippen molar-refractivity contribution in [1.29, 1.82) is 0 Å². The molecule has 0 aliphatic carbocycles. The first-order valence-corrected chi connectivity index (χ1v) is 7.39. The summed E-state index contributed by atoms with van der Waals surface area (Å²) in [5.41, 5.74) is 7.36. The van der Waals surface area contributed by atoms with Crippen LogP contribution >= 0.6 is 0 Å². The van der Waals surface area contributed by atoms with Crippen molar-refractivity contribution in [3.63, 3.8) is 0 Å². The zero-order chi connectivity index (χ0) is 13.2. The molecule has 0 spiro atoms. The Morgan fingerprint density at radius 2 is 2.16 bits per heavy atom. The van der Waals surface area contributed by atoms with Gasteiger partial charge in [0.25, 0.3) is 0 Å². The quantitative estimate of drug-likeness (QED) is 0.888. The molecule has 1 aromatic heterocycles. The van der Waals surface area contributed by atoms with Crippen molar-refractivity contribution in [2.45, 2.75) is 37.9 Å². The summed E-state index contributed by atoms with van der Waals surface area (Å²) in [5.74, 6) is 0. The van der Waals surface area contributed by atoms with Gasteiger partial charge in [-0.05, 0) is 44.0 Å². The van der Waals surface area contributed by atoms with E-state index in [0.29, 0.717) is 18.6 Å². The predicted octanol–water partition coefficient (Wildman–Crippen LogP) is 1.25. The van der Waals surface area contributed by atoms with Crippen molar-refractivity contribution in [2.24, 2.45) is 5.73 Å². The molecule has 0 amide bonds. The zero-order valence-electron chi connectivity index (χ0n) is 11.7. The SMILES string of the molecule is CC1CN2CCCC2CN1C(CN)c1ccncc1. The molecule has 4 nitrogen and oxygen atoms in total. The van der Waals surface area contributed by atoms with E-state index in [-0.39, 0.29) is 0 Å². The molecule has 3 unspecified atom stereocenters. The van der Waals surface area contributed by atoms with E-state index in [4.69, 9.17) is 5.73 Å². The zero-order valence-corrected chi connectivity index (χ0v) is 11.7. The van der Waals surface area contributed by atoms with E-state index in [1.54, 1.807) is 0 Å². The van der Waals surface area contributed by atoms with Crippen LogP contribution in [0.5, 0.6) is 0 Å². The summed E-state index contributed by atoms with van der Waals surface area (Å²) in [4.78, 5) is 9.36. The summed E-state index contributed by atoms with van der Waals surface area (Å²) in [6, 6.07) is 5.86. The van der Waals surface area contributed by atoms with E-state index in [1.807, 2.05) is 12.4 Å². The number of hydrogen-bond donors (Lipinski definition) is 1. The van der Waals surface area contributed by atoms with Gasteiger partial charge in [0.15, 0.2) is 0 Å². The maximum Gasteiger partial charge on any atom is 0.0475 e. The van der Waals surface area contributed by atoms with Gasteiger partial charge in [-0.1, -0.05) is 0 Å². The van der Waals surface area contributed by atoms with Crippen LogP contribution in [0.2, 0.25) is 0 Å².